The zero-order valence-electron chi connectivity index (χ0n) is 21.8. The Labute approximate surface area is 235 Å². The van der Waals surface area contributed by atoms with Crippen molar-refractivity contribution in [2.45, 2.75) is 12.8 Å². The van der Waals surface area contributed by atoms with Gasteiger partial charge < -0.3 is 19.4 Å². The number of fused-ring (bicyclic) bond motifs is 1. The highest BCUT2D eigenvalue weighted by atomic mass is 19.4. The predicted molar refractivity (Wildman–Crippen MR) is 146 cm³/mol. The van der Waals surface area contributed by atoms with Crippen molar-refractivity contribution < 1.29 is 36.2 Å². The van der Waals surface area contributed by atoms with E-state index in [4.69, 9.17) is 9.47 Å². The van der Waals surface area contributed by atoms with Crippen molar-refractivity contribution >= 4 is 22.5 Å². The molecule has 6 nitrogen and oxygen atoms in total. The fraction of sp³-hybridized carbons (Fsp3) is 0.0968. The summed E-state index contributed by atoms with van der Waals surface area (Å²) in [7, 11) is 1.20. The van der Waals surface area contributed by atoms with Gasteiger partial charge in [0.25, 0.3) is 5.91 Å². The van der Waals surface area contributed by atoms with Gasteiger partial charge in [-0.3, -0.25) is 9.59 Å². The van der Waals surface area contributed by atoms with Crippen LogP contribution in [0, 0.1) is 11.6 Å². The van der Waals surface area contributed by atoms with Crippen LogP contribution in [0.2, 0.25) is 0 Å². The second-order valence-corrected chi connectivity index (χ2v) is 9.22. The number of hydrogen-bond acceptors (Lipinski definition) is 4. The van der Waals surface area contributed by atoms with Gasteiger partial charge in [0.1, 0.15) is 35.3 Å². The number of carbonyl (C=O) groups excluding carboxylic acids is 1. The van der Waals surface area contributed by atoms with E-state index in [1.165, 1.54) is 35.9 Å². The van der Waals surface area contributed by atoms with Crippen LogP contribution in [0.25, 0.3) is 16.6 Å². The third-order valence-electron chi connectivity index (χ3n) is 6.32. The van der Waals surface area contributed by atoms with Crippen LogP contribution < -0.4 is 20.2 Å². The summed E-state index contributed by atoms with van der Waals surface area (Å²) in [5, 5.41) is 2.25. The molecule has 0 unspecified atom stereocenters. The van der Waals surface area contributed by atoms with Crippen LogP contribution in [0.15, 0.2) is 95.9 Å². The molecular formula is C31H21F5N2O4. The highest BCUT2D eigenvalue weighted by Gasteiger charge is 2.32. The lowest BCUT2D eigenvalue weighted by Gasteiger charge is -2.18. The first kappa shape index (κ1) is 28.3. The van der Waals surface area contributed by atoms with E-state index in [1.807, 2.05) is 30.3 Å². The molecule has 0 aliphatic carbocycles. The highest BCUT2D eigenvalue weighted by molar-refractivity contribution is 6.06. The maximum absolute atomic E-state index is 13.8. The number of nitrogens with one attached hydrogen (secondary N) is 1. The van der Waals surface area contributed by atoms with Crippen molar-refractivity contribution in [3.8, 4) is 17.2 Å². The summed E-state index contributed by atoms with van der Waals surface area (Å²) < 4.78 is 80.8. The number of pyridine rings is 1. The fourth-order valence-corrected chi connectivity index (χ4v) is 4.34. The number of benzene rings is 4. The van der Waals surface area contributed by atoms with Crippen LogP contribution in [-0.4, -0.2) is 17.6 Å². The number of ether oxygens (including phenoxy) is 2. The van der Waals surface area contributed by atoms with E-state index in [9.17, 15) is 31.5 Å². The minimum Gasteiger partial charge on any atom is -0.497 e. The Morgan fingerprint density at radius 2 is 1.60 bits per heavy atom. The second-order valence-electron chi connectivity index (χ2n) is 9.22. The number of amides is 1. The Kier molecular flexibility index (Phi) is 7.66. The first-order valence-electron chi connectivity index (χ1n) is 12.4. The molecule has 0 spiro atoms. The molecule has 11 heteroatoms. The highest BCUT2D eigenvalue weighted by Crippen LogP contribution is 2.35. The first-order chi connectivity index (χ1) is 20.0. The number of carbonyl (C=O) groups is 1. The number of nitrogens with zero attached hydrogens (tertiary/aromatic N) is 1. The summed E-state index contributed by atoms with van der Waals surface area (Å²) in [6.07, 6.45) is -3.67. The van der Waals surface area contributed by atoms with Gasteiger partial charge in [-0.25, -0.2) is 8.78 Å². The molecule has 0 bridgehead atoms. The molecule has 1 aromatic heterocycles. The third-order valence-corrected chi connectivity index (χ3v) is 6.32. The lowest BCUT2D eigenvalue weighted by atomic mass is 10.1. The first-order valence-corrected chi connectivity index (χ1v) is 12.4. The van der Waals surface area contributed by atoms with E-state index < -0.39 is 40.3 Å². The molecule has 0 fully saturated rings. The van der Waals surface area contributed by atoms with E-state index in [1.54, 1.807) is 0 Å². The molecule has 42 heavy (non-hydrogen) atoms. The number of halogens is 5. The molecule has 0 atom stereocenters. The Hall–Kier alpha value is -5.19. The topological polar surface area (TPSA) is 69.6 Å². The number of aromatic nitrogens is 1. The van der Waals surface area contributed by atoms with Crippen LogP contribution in [0.1, 0.15) is 21.5 Å². The van der Waals surface area contributed by atoms with Crippen molar-refractivity contribution in [3.63, 3.8) is 0 Å². The van der Waals surface area contributed by atoms with Gasteiger partial charge >= 0.3 is 6.18 Å². The van der Waals surface area contributed by atoms with Gasteiger partial charge in [0.15, 0.2) is 0 Å². The molecule has 1 N–H and O–H groups in total. The van der Waals surface area contributed by atoms with Gasteiger partial charge in [-0.05, 0) is 42.0 Å². The van der Waals surface area contributed by atoms with Crippen LogP contribution in [0.3, 0.4) is 0 Å². The van der Waals surface area contributed by atoms with Crippen LogP contribution in [-0.2, 0) is 12.8 Å². The largest absolute Gasteiger partial charge is 0.497 e. The van der Waals surface area contributed by atoms with Crippen LogP contribution >= 0.6 is 0 Å². The number of anilines is 1. The molecule has 214 valence electrons. The summed E-state index contributed by atoms with van der Waals surface area (Å²) in [5.41, 5.74) is -1.60. The number of rotatable bonds is 7. The zero-order valence-corrected chi connectivity index (χ0v) is 21.8. The summed E-state index contributed by atoms with van der Waals surface area (Å²) in [6, 6.07) is 18.8. The van der Waals surface area contributed by atoms with E-state index in [2.05, 4.69) is 5.32 Å². The van der Waals surface area contributed by atoms with Crippen molar-refractivity contribution in [1.82, 2.24) is 4.57 Å². The van der Waals surface area contributed by atoms with Gasteiger partial charge in [0, 0.05) is 41.2 Å². The van der Waals surface area contributed by atoms with Gasteiger partial charge in [-0.15, -0.1) is 0 Å². The fourth-order valence-electron chi connectivity index (χ4n) is 4.34. The molecule has 5 aromatic rings. The summed E-state index contributed by atoms with van der Waals surface area (Å²) in [6.45, 7) is 0.179. The Morgan fingerprint density at radius 1 is 0.881 bits per heavy atom. The van der Waals surface area contributed by atoms with Crippen molar-refractivity contribution in [3.05, 3.63) is 130 Å². The number of methoxy groups -OCH3 is 1. The summed E-state index contributed by atoms with van der Waals surface area (Å²) in [4.78, 5) is 26.6. The van der Waals surface area contributed by atoms with Gasteiger partial charge in [-0.1, -0.05) is 30.3 Å². The lowest BCUT2D eigenvalue weighted by molar-refractivity contribution is -0.137. The number of alkyl halides is 3. The standard InChI is InChI=1S/C31H21F5N2O4/c1-41-25-10-19(31(34,35)36)9-23(14-25)38-16-27(30(40)37-22-12-20(32)11-21(33)13-22)29(39)26-8-7-24(15-28(26)38)42-17-18-5-3-2-4-6-18/h2-16H,17H2,1H3,(H,37,40). The van der Waals surface area contributed by atoms with E-state index in [0.717, 1.165) is 36.0 Å². The molecule has 1 heterocycles. The monoisotopic (exact) mass is 580 g/mol. The second kappa shape index (κ2) is 11.4. The SMILES string of the molecule is COc1cc(-n2cc(C(=O)Nc3cc(F)cc(F)c3)c(=O)c3ccc(OCc4ccccc4)cc32)cc(C(F)(F)F)c1. The molecule has 4 aromatic carbocycles. The molecule has 1 amide bonds. The molecule has 0 radical (unpaired) electrons. The lowest BCUT2D eigenvalue weighted by Crippen LogP contribution is -2.24. The van der Waals surface area contributed by atoms with E-state index in [-0.39, 0.29) is 34.6 Å². The Morgan fingerprint density at radius 3 is 2.26 bits per heavy atom. The third kappa shape index (κ3) is 6.09. The Balaban J connectivity index is 1.67. The average molecular weight is 581 g/mol. The maximum atomic E-state index is 13.8. The quantitative estimate of drug-likeness (QED) is 0.208. The van der Waals surface area contributed by atoms with Gasteiger partial charge in [0.2, 0.25) is 5.43 Å². The molecular weight excluding hydrogens is 559 g/mol. The van der Waals surface area contributed by atoms with Crippen molar-refractivity contribution in [2.24, 2.45) is 0 Å². The van der Waals surface area contributed by atoms with Gasteiger partial charge in [-0.2, -0.15) is 13.2 Å². The van der Waals surface area contributed by atoms with Gasteiger partial charge in [0.05, 0.1) is 18.2 Å². The molecule has 0 aliphatic rings. The molecule has 5 rings (SSSR count). The average Bonchev–Trinajstić information content (AvgIpc) is 2.95. The predicted octanol–water partition coefficient (Wildman–Crippen LogP) is 7.13. The molecule has 0 saturated heterocycles. The Bertz CT molecular complexity index is 1830. The maximum Gasteiger partial charge on any atom is 0.416 e. The number of hydrogen-bond donors (Lipinski definition) is 1. The van der Waals surface area contributed by atoms with Crippen molar-refractivity contribution in [2.75, 3.05) is 12.4 Å². The summed E-state index contributed by atoms with van der Waals surface area (Å²) >= 11 is 0. The molecule has 0 aliphatic heterocycles. The van der Waals surface area contributed by atoms with Crippen LogP contribution in [0.5, 0.6) is 11.5 Å². The van der Waals surface area contributed by atoms with Crippen LogP contribution in [0.4, 0.5) is 27.6 Å². The van der Waals surface area contributed by atoms with Crippen molar-refractivity contribution in [1.29, 1.82) is 0 Å². The minimum absolute atomic E-state index is 0.0171. The summed E-state index contributed by atoms with van der Waals surface area (Å²) in [5.74, 6) is -2.75. The zero-order chi connectivity index (χ0) is 30.0. The van der Waals surface area contributed by atoms with E-state index >= 15 is 0 Å². The smallest absolute Gasteiger partial charge is 0.416 e. The molecule has 0 saturated carbocycles. The minimum atomic E-state index is -4.73. The normalized spacial score (nSPS) is 11.4. The van der Waals surface area contributed by atoms with E-state index in [0.29, 0.717) is 11.8 Å².